The predicted molar refractivity (Wildman–Crippen MR) is 106 cm³/mol. The summed E-state index contributed by atoms with van der Waals surface area (Å²) in [6, 6.07) is 1.31. The molecule has 2 unspecified atom stereocenters. The van der Waals surface area contributed by atoms with E-state index in [9.17, 15) is 0 Å². The molecule has 0 amide bonds. The summed E-state index contributed by atoms with van der Waals surface area (Å²) in [5.74, 6) is 0. The van der Waals surface area contributed by atoms with E-state index in [0.717, 1.165) is 6.42 Å². The highest BCUT2D eigenvalue weighted by Gasteiger charge is 2.61. The van der Waals surface area contributed by atoms with Crippen molar-refractivity contribution in [2.24, 2.45) is 0 Å². The van der Waals surface area contributed by atoms with E-state index < -0.39 is 22.5 Å². The van der Waals surface area contributed by atoms with Crippen LogP contribution >= 0.6 is 47.8 Å². The minimum absolute atomic E-state index is 0.0575. The zero-order valence-corrected chi connectivity index (χ0v) is 20.9. The van der Waals surface area contributed by atoms with Crippen LogP contribution in [0.2, 0.25) is 45.3 Å². The van der Waals surface area contributed by atoms with Gasteiger partial charge in [0.15, 0.2) is 7.83 Å². The van der Waals surface area contributed by atoms with Crippen molar-refractivity contribution in [3.63, 3.8) is 0 Å². The summed E-state index contributed by atoms with van der Waals surface area (Å²) in [4.78, 5) is 0.412. The summed E-state index contributed by atoms with van der Waals surface area (Å²) in [5.41, 5.74) is 0.0575. The Morgan fingerprint density at radius 1 is 1.05 bits per heavy atom. The van der Waals surface area contributed by atoms with Gasteiger partial charge in [-0.05, 0) is 32.5 Å². The molecule has 0 saturated carbocycles. The van der Waals surface area contributed by atoms with Gasteiger partial charge < -0.3 is 4.43 Å². The molecule has 1 rings (SSSR count). The number of hydrogen-bond donors (Lipinski definition) is 0. The first-order valence-electron chi connectivity index (χ1n) is 6.87. The van der Waals surface area contributed by atoms with E-state index in [-0.39, 0.29) is 5.60 Å². The second-order valence-corrected chi connectivity index (χ2v) is 39.4. The maximum absolute atomic E-state index is 6.80. The Morgan fingerprint density at radius 3 is 1.89 bits per heavy atom. The standard InChI is InChI=1S/C12H27Br3OSi3/c1-12(8-10(13)11(14)15)9-17(2,3)19(6,7)18(4,5)16-12/h10-11H,8-9H2,1-7H3. The Morgan fingerprint density at radius 2 is 1.53 bits per heavy atom. The van der Waals surface area contributed by atoms with Gasteiger partial charge in [0.05, 0.1) is 16.4 Å². The maximum atomic E-state index is 6.80. The molecule has 114 valence electrons. The molecule has 2 atom stereocenters. The van der Waals surface area contributed by atoms with Crippen LogP contribution in [0.1, 0.15) is 13.3 Å². The lowest BCUT2D eigenvalue weighted by Gasteiger charge is -2.59. The monoisotopic (exact) mass is 508 g/mol. The van der Waals surface area contributed by atoms with Gasteiger partial charge in [0.1, 0.15) is 0 Å². The van der Waals surface area contributed by atoms with Crippen LogP contribution in [0.3, 0.4) is 0 Å². The van der Waals surface area contributed by atoms with Gasteiger partial charge in [0, 0.05) is 12.4 Å². The Labute approximate surface area is 146 Å². The van der Waals surface area contributed by atoms with Crippen molar-refractivity contribution in [3.05, 3.63) is 0 Å². The Balaban J connectivity index is 3.02. The van der Waals surface area contributed by atoms with Gasteiger partial charge in [0.2, 0.25) is 0 Å². The molecule has 1 aliphatic rings. The van der Waals surface area contributed by atoms with E-state index in [1.54, 1.807) is 0 Å². The van der Waals surface area contributed by atoms with Crippen molar-refractivity contribution < 1.29 is 4.43 Å². The Kier molecular flexibility index (Phi) is 5.95. The number of alkyl halides is 3. The zero-order valence-electron chi connectivity index (χ0n) is 13.1. The van der Waals surface area contributed by atoms with Gasteiger partial charge in [-0.25, -0.2) is 0 Å². The van der Waals surface area contributed by atoms with Crippen molar-refractivity contribution in [1.82, 2.24) is 0 Å². The van der Waals surface area contributed by atoms with Gasteiger partial charge in [-0.2, -0.15) is 0 Å². The molecule has 19 heavy (non-hydrogen) atoms. The molecule has 1 heterocycles. The SMILES string of the molecule is CC1(CC(Br)C(Br)Br)C[Si](C)(C)[Si](C)(C)[Si](C)(C)O1. The van der Waals surface area contributed by atoms with Gasteiger partial charge in [-0.1, -0.05) is 74.0 Å². The number of halogens is 3. The summed E-state index contributed by atoms with van der Waals surface area (Å²) in [6.07, 6.45) is 1.07. The zero-order chi connectivity index (χ0) is 15.3. The lowest BCUT2D eigenvalue weighted by Crippen LogP contribution is -2.78. The van der Waals surface area contributed by atoms with Crippen LogP contribution in [-0.2, 0) is 4.43 Å². The number of rotatable bonds is 3. The molecule has 7 heteroatoms. The van der Waals surface area contributed by atoms with Crippen molar-refractivity contribution in [2.75, 3.05) is 0 Å². The average molecular weight is 511 g/mol. The first-order valence-corrected chi connectivity index (χ1v) is 20.7. The van der Waals surface area contributed by atoms with Crippen LogP contribution < -0.4 is 0 Å². The van der Waals surface area contributed by atoms with Crippen LogP contribution in [-0.4, -0.2) is 36.7 Å². The first-order chi connectivity index (χ1) is 8.24. The van der Waals surface area contributed by atoms with Crippen LogP contribution in [0.5, 0.6) is 0 Å². The molecule has 1 aliphatic heterocycles. The molecular weight excluding hydrogens is 484 g/mol. The number of hydrogen-bond acceptors (Lipinski definition) is 1. The van der Waals surface area contributed by atoms with Crippen LogP contribution in [0.25, 0.3) is 0 Å². The lowest BCUT2D eigenvalue weighted by atomic mass is 10.0. The third-order valence-electron chi connectivity index (χ3n) is 5.41. The van der Waals surface area contributed by atoms with Crippen molar-refractivity contribution in [3.8, 4) is 0 Å². The van der Waals surface area contributed by atoms with Gasteiger partial charge in [0.25, 0.3) is 0 Å². The minimum Gasteiger partial charge on any atom is -0.415 e. The largest absolute Gasteiger partial charge is 0.415 e. The molecule has 0 N–H and O–H groups in total. The summed E-state index contributed by atoms with van der Waals surface area (Å²) in [5, 5.41) is 0. The highest BCUT2D eigenvalue weighted by molar-refractivity contribution is 9.25. The van der Waals surface area contributed by atoms with E-state index in [2.05, 4.69) is 94.0 Å². The summed E-state index contributed by atoms with van der Waals surface area (Å²) in [6.45, 7) is 17.7. The molecule has 1 saturated heterocycles. The Hall–Kier alpha value is 2.05. The molecule has 1 fully saturated rings. The van der Waals surface area contributed by atoms with Gasteiger partial charge in [-0.15, -0.1) is 0 Å². The van der Waals surface area contributed by atoms with E-state index in [0.29, 0.717) is 8.56 Å². The molecule has 1 nitrogen and oxygen atoms in total. The third kappa shape index (κ3) is 3.88. The topological polar surface area (TPSA) is 9.23 Å². The van der Waals surface area contributed by atoms with Crippen LogP contribution in [0, 0.1) is 0 Å². The smallest absolute Gasteiger partial charge is 0.172 e. The molecule has 0 bridgehead atoms. The molecule has 0 aromatic rings. The minimum atomic E-state index is -1.54. The third-order valence-corrected chi connectivity index (χ3v) is 49.5. The lowest BCUT2D eigenvalue weighted by molar-refractivity contribution is 0.0923. The summed E-state index contributed by atoms with van der Waals surface area (Å²) in [7, 11) is -3.90. The molecule has 0 aromatic carbocycles. The summed E-state index contributed by atoms with van der Waals surface area (Å²) < 4.78 is 7.10. The van der Waals surface area contributed by atoms with Crippen molar-refractivity contribution >= 4 is 70.3 Å². The maximum Gasteiger partial charge on any atom is 0.172 e. The fourth-order valence-electron chi connectivity index (χ4n) is 3.37. The van der Waals surface area contributed by atoms with E-state index >= 15 is 0 Å². The predicted octanol–water partition coefficient (Wildman–Crippen LogP) is 5.82. The van der Waals surface area contributed by atoms with Gasteiger partial charge >= 0.3 is 0 Å². The second-order valence-electron chi connectivity index (χ2n) is 7.80. The van der Waals surface area contributed by atoms with Crippen LogP contribution in [0.4, 0.5) is 0 Å². The molecule has 0 radical (unpaired) electrons. The molecular formula is C12H27Br3OSi3. The molecule has 0 spiro atoms. The molecule has 0 aliphatic carbocycles. The van der Waals surface area contributed by atoms with E-state index in [1.165, 1.54) is 6.04 Å². The Bertz CT molecular complexity index is 325. The summed E-state index contributed by atoms with van der Waals surface area (Å²) >= 11 is 11.0. The van der Waals surface area contributed by atoms with E-state index in [4.69, 9.17) is 4.43 Å². The van der Waals surface area contributed by atoms with E-state index in [1.807, 2.05) is 0 Å². The first kappa shape index (κ1) is 19.1. The fourth-order valence-corrected chi connectivity index (χ4v) is 35.1. The second kappa shape index (κ2) is 5.92. The highest BCUT2D eigenvalue weighted by atomic mass is 79.9. The highest BCUT2D eigenvalue weighted by Crippen LogP contribution is 2.46. The average Bonchev–Trinajstić information content (AvgIpc) is 2.12. The fraction of sp³-hybridized carbons (Fsp3) is 1.00. The van der Waals surface area contributed by atoms with Gasteiger partial charge in [-0.3, -0.25) is 0 Å². The quantitative estimate of drug-likeness (QED) is 0.343. The normalized spacial score (nSPS) is 34.3. The molecule has 0 aromatic heterocycles. The van der Waals surface area contributed by atoms with Crippen LogP contribution in [0.15, 0.2) is 0 Å². The van der Waals surface area contributed by atoms with Crippen molar-refractivity contribution in [1.29, 1.82) is 0 Å². The van der Waals surface area contributed by atoms with Crippen molar-refractivity contribution in [2.45, 2.75) is 72.8 Å².